The van der Waals surface area contributed by atoms with Crippen LogP contribution >= 0.6 is 7.82 Å². The quantitative estimate of drug-likeness (QED) is 0.0385. The van der Waals surface area contributed by atoms with Crippen LogP contribution in [0.25, 0.3) is 11.2 Å². The number of phosphoric ester groups is 1. The van der Waals surface area contributed by atoms with E-state index >= 15 is 0 Å². The lowest BCUT2D eigenvalue weighted by Gasteiger charge is -2.28. The maximum atomic E-state index is 14.4. The maximum absolute atomic E-state index is 14.4. The van der Waals surface area contributed by atoms with Crippen LogP contribution in [0.15, 0.2) is 12.7 Å². The number of ether oxygens (including phenoxy) is 3. The zero-order valence-electron chi connectivity index (χ0n) is 40.2. The van der Waals surface area contributed by atoms with E-state index in [0.29, 0.717) is 30.4 Å². The van der Waals surface area contributed by atoms with Crippen LogP contribution in [0.5, 0.6) is 0 Å². The molecule has 0 aromatic carbocycles. The van der Waals surface area contributed by atoms with E-state index in [-0.39, 0.29) is 32.1 Å². The van der Waals surface area contributed by atoms with Crippen molar-refractivity contribution in [1.29, 1.82) is 0 Å². The third-order valence-corrected chi connectivity index (χ3v) is 13.2. The molecule has 0 aliphatic carbocycles. The number of nitrogens with two attached hydrogens (primary N) is 1. The maximum Gasteiger partial charge on any atom is 0.474 e. The lowest BCUT2D eigenvalue weighted by atomic mass is 9.97. The van der Waals surface area contributed by atoms with E-state index in [9.17, 15) is 14.2 Å². The van der Waals surface area contributed by atoms with Crippen molar-refractivity contribution in [3.05, 3.63) is 12.7 Å². The van der Waals surface area contributed by atoms with Crippen LogP contribution in [0.2, 0.25) is 0 Å². The average Bonchev–Trinajstić information content (AvgIpc) is 3.83. The van der Waals surface area contributed by atoms with E-state index < -0.39 is 49.7 Å². The number of aromatic nitrogens is 4. The second-order valence-electron chi connectivity index (χ2n) is 18.5. The van der Waals surface area contributed by atoms with Crippen molar-refractivity contribution in [2.45, 2.75) is 239 Å². The van der Waals surface area contributed by atoms with Crippen molar-refractivity contribution >= 4 is 36.7 Å². The molecule has 1 aliphatic rings. The predicted molar refractivity (Wildman–Crippen MR) is 250 cm³/mol. The Bertz CT molecular complexity index is 1560. The molecule has 0 bridgehead atoms. The second kappa shape index (κ2) is 31.3. The van der Waals surface area contributed by atoms with Gasteiger partial charge < -0.3 is 19.9 Å². The van der Waals surface area contributed by atoms with Crippen LogP contribution in [-0.2, 0) is 41.9 Å². The van der Waals surface area contributed by atoms with Gasteiger partial charge in [0.15, 0.2) is 29.9 Å². The van der Waals surface area contributed by atoms with Crippen molar-refractivity contribution < 1.29 is 41.9 Å². The Morgan fingerprint density at radius 1 is 0.651 bits per heavy atom. The summed E-state index contributed by atoms with van der Waals surface area (Å²) >= 11 is 0. The third kappa shape index (κ3) is 21.0. The topological polar surface area (TPSA) is 176 Å². The molecular formula is C48H86N5O9P. The summed E-state index contributed by atoms with van der Waals surface area (Å²) in [4.78, 5) is 40.1. The van der Waals surface area contributed by atoms with Crippen LogP contribution < -0.4 is 5.73 Å². The summed E-state index contributed by atoms with van der Waals surface area (Å²) < 4.78 is 53.0. The Kier molecular flexibility index (Phi) is 27.2. The molecule has 0 amide bonds. The third-order valence-electron chi connectivity index (χ3n) is 11.7. The van der Waals surface area contributed by atoms with E-state index in [1.165, 1.54) is 103 Å². The number of anilines is 1. The lowest BCUT2D eigenvalue weighted by molar-refractivity contribution is -0.174. The van der Waals surface area contributed by atoms with Gasteiger partial charge in [-0.3, -0.25) is 27.7 Å². The van der Waals surface area contributed by atoms with Gasteiger partial charge in [0.2, 0.25) is 0 Å². The minimum absolute atomic E-state index is 0.169. The van der Waals surface area contributed by atoms with E-state index in [1.54, 1.807) is 25.3 Å². The van der Waals surface area contributed by atoms with Crippen LogP contribution in [0.3, 0.4) is 0 Å². The highest BCUT2D eigenvalue weighted by Gasteiger charge is 2.52. The number of fused-ring (bicyclic) bond motifs is 1. The molecule has 4 atom stereocenters. The lowest BCUT2D eigenvalue weighted by Crippen LogP contribution is -2.42. The monoisotopic (exact) mass is 908 g/mol. The molecule has 3 rings (SSSR count). The van der Waals surface area contributed by atoms with Crippen LogP contribution in [-0.4, -0.2) is 69.6 Å². The number of imidazole rings is 1. The molecule has 0 saturated carbocycles. The summed E-state index contributed by atoms with van der Waals surface area (Å²) in [6, 6.07) is 0. The van der Waals surface area contributed by atoms with Gasteiger partial charge in [-0.25, -0.2) is 19.5 Å². The van der Waals surface area contributed by atoms with Gasteiger partial charge in [0.1, 0.15) is 17.9 Å². The molecule has 63 heavy (non-hydrogen) atoms. The highest BCUT2D eigenvalue weighted by atomic mass is 31.2. The van der Waals surface area contributed by atoms with Gasteiger partial charge in [0, 0.05) is 6.42 Å². The van der Waals surface area contributed by atoms with Gasteiger partial charge in [-0.2, -0.15) is 0 Å². The Morgan fingerprint density at radius 3 is 1.62 bits per heavy atom. The van der Waals surface area contributed by atoms with Gasteiger partial charge in [0.25, 0.3) is 0 Å². The molecule has 2 N–H and O–H groups in total. The van der Waals surface area contributed by atoms with Crippen LogP contribution in [0, 0.1) is 5.41 Å². The molecule has 2 aromatic heterocycles. The predicted octanol–water partition coefficient (Wildman–Crippen LogP) is 12.9. The largest absolute Gasteiger partial charge is 0.474 e. The highest BCUT2D eigenvalue weighted by molar-refractivity contribution is 7.48. The van der Waals surface area contributed by atoms with Crippen LogP contribution in [0.1, 0.15) is 221 Å². The molecule has 1 aliphatic heterocycles. The summed E-state index contributed by atoms with van der Waals surface area (Å²) in [6.45, 7) is 12.0. The first-order chi connectivity index (χ1) is 30.4. The standard InChI is InChI=1S/C48H86N5O9P/c1-7-10-13-16-19-22-23-24-27-30-33-40(54)61-42-39(60-46(43(42)62-47(55)48(4,5)6)53-38-52-41-44(49)50-37-51-45(41)53)36-59-63(56,57-34-31-28-25-20-17-14-11-8-2)58-35-32-29-26-21-18-15-12-9-3/h37-39,42-43,46H,7-36H2,1-6H3,(H2,49,50,51)/t39-,42-,43-,46?/m1/s1. The number of hydrogen-bond donors (Lipinski definition) is 1. The molecular weight excluding hydrogens is 822 g/mol. The summed E-state index contributed by atoms with van der Waals surface area (Å²) in [5.41, 5.74) is 5.93. The van der Waals surface area contributed by atoms with Crippen molar-refractivity contribution in [3.8, 4) is 0 Å². The molecule has 362 valence electrons. The normalized spacial score (nSPS) is 18.1. The first-order valence-corrected chi connectivity index (χ1v) is 26.4. The van der Waals surface area contributed by atoms with Gasteiger partial charge in [-0.1, -0.05) is 168 Å². The van der Waals surface area contributed by atoms with Gasteiger partial charge in [-0.15, -0.1) is 0 Å². The van der Waals surface area contributed by atoms with Crippen molar-refractivity contribution in [2.75, 3.05) is 25.6 Å². The fourth-order valence-corrected chi connectivity index (χ4v) is 9.02. The van der Waals surface area contributed by atoms with Gasteiger partial charge in [0.05, 0.1) is 31.6 Å². The fraction of sp³-hybridized carbons (Fsp3) is 0.854. The average molecular weight is 908 g/mol. The van der Waals surface area contributed by atoms with E-state index in [2.05, 4.69) is 35.7 Å². The number of unbranched alkanes of at least 4 members (excludes halogenated alkanes) is 23. The summed E-state index contributed by atoms with van der Waals surface area (Å²) in [5.74, 6) is -0.805. The van der Waals surface area contributed by atoms with Gasteiger partial charge >= 0.3 is 19.8 Å². The summed E-state index contributed by atoms with van der Waals surface area (Å²) in [7, 11) is -4.10. The Labute approximate surface area is 380 Å². The van der Waals surface area contributed by atoms with Crippen LogP contribution in [0.4, 0.5) is 5.82 Å². The number of phosphoric acid groups is 1. The molecule has 0 spiro atoms. The molecule has 15 heteroatoms. The Hall–Kier alpha value is -2.64. The molecule has 2 aromatic rings. The number of hydrogen-bond acceptors (Lipinski definition) is 13. The van der Waals surface area contributed by atoms with Gasteiger partial charge in [-0.05, 0) is 40.0 Å². The number of carbonyl (C=O) groups is 2. The van der Waals surface area contributed by atoms with Crippen molar-refractivity contribution in [2.24, 2.45) is 5.41 Å². The SMILES string of the molecule is CCCCCCCCCCCCC(=O)O[C@@H]1[C@@H](COP(=O)(OCCCCCCCCCC)OCCCCCCCCCC)OC(n2cnc3c(N)ncnc32)[C@@H]1OC(=O)C(C)(C)C. The van der Waals surface area contributed by atoms with Crippen molar-refractivity contribution in [1.82, 2.24) is 19.5 Å². The minimum atomic E-state index is -4.10. The number of esters is 2. The Morgan fingerprint density at radius 2 is 1.13 bits per heavy atom. The molecule has 1 unspecified atom stereocenters. The van der Waals surface area contributed by atoms with Crippen molar-refractivity contribution in [3.63, 3.8) is 0 Å². The second-order valence-corrected chi connectivity index (χ2v) is 20.2. The highest BCUT2D eigenvalue weighted by Crippen LogP contribution is 2.51. The number of carbonyl (C=O) groups excluding carboxylic acids is 2. The number of nitrogens with zero attached hydrogens (tertiary/aromatic N) is 4. The first kappa shape index (κ1) is 54.7. The Balaban J connectivity index is 1.78. The molecule has 0 radical (unpaired) electrons. The zero-order valence-corrected chi connectivity index (χ0v) is 41.1. The summed E-state index contributed by atoms with van der Waals surface area (Å²) in [5, 5.41) is 0. The molecule has 1 fully saturated rings. The first-order valence-electron chi connectivity index (χ1n) is 25.0. The molecule has 14 nitrogen and oxygen atoms in total. The number of rotatable bonds is 37. The minimum Gasteiger partial charge on any atom is -0.455 e. The fourth-order valence-electron chi connectivity index (χ4n) is 7.76. The molecule has 3 heterocycles. The zero-order chi connectivity index (χ0) is 45.8. The van der Waals surface area contributed by atoms with E-state index in [4.69, 9.17) is 33.5 Å². The smallest absolute Gasteiger partial charge is 0.455 e. The van der Waals surface area contributed by atoms with E-state index in [1.807, 2.05) is 0 Å². The number of nitrogen functional groups attached to an aromatic ring is 1. The van der Waals surface area contributed by atoms with E-state index in [0.717, 1.165) is 57.8 Å². The molecule has 1 saturated heterocycles. The summed E-state index contributed by atoms with van der Waals surface area (Å²) in [6.07, 6.45) is 27.6.